The van der Waals surface area contributed by atoms with E-state index in [1.165, 1.54) is 30.0 Å². The van der Waals surface area contributed by atoms with Crippen LogP contribution < -0.4 is 0 Å². The van der Waals surface area contributed by atoms with E-state index >= 15 is 0 Å². The van der Waals surface area contributed by atoms with E-state index in [0.29, 0.717) is 5.92 Å². The van der Waals surface area contributed by atoms with Crippen molar-refractivity contribution in [2.24, 2.45) is 0 Å². The number of aromatic nitrogens is 2. The quantitative estimate of drug-likeness (QED) is 0.776. The van der Waals surface area contributed by atoms with Crippen molar-refractivity contribution in [2.45, 2.75) is 52.4 Å². The number of H-pyrrole nitrogens is 1. The van der Waals surface area contributed by atoms with Crippen molar-refractivity contribution in [1.29, 1.82) is 0 Å². The van der Waals surface area contributed by atoms with Crippen molar-refractivity contribution >= 4 is 0 Å². The van der Waals surface area contributed by atoms with Crippen molar-refractivity contribution in [3.8, 4) is 0 Å². The lowest BCUT2D eigenvalue weighted by Crippen LogP contribution is -1.96. The molecule has 1 atom stereocenters. The molecule has 1 unspecified atom stereocenters. The normalized spacial score (nSPS) is 12.8. The summed E-state index contributed by atoms with van der Waals surface area (Å²) in [6, 6.07) is 12.9. The Morgan fingerprint density at radius 3 is 2.65 bits per heavy atom. The van der Waals surface area contributed by atoms with Crippen molar-refractivity contribution in [3.05, 3.63) is 59.3 Å². The lowest BCUT2D eigenvalue weighted by molar-refractivity contribution is 0.618. The highest BCUT2D eigenvalue weighted by atomic mass is 15.1. The summed E-state index contributed by atoms with van der Waals surface area (Å²) in [6.07, 6.45) is 4.56. The number of rotatable bonds is 7. The average molecular weight is 269 g/mol. The number of benzene rings is 1. The maximum Gasteiger partial charge on any atom is 0.0630 e. The molecule has 2 heteroatoms. The molecular weight excluding hydrogens is 244 g/mol. The summed E-state index contributed by atoms with van der Waals surface area (Å²) in [4.78, 5) is 0. The van der Waals surface area contributed by atoms with E-state index in [0.717, 1.165) is 18.5 Å². The molecule has 0 spiro atoms. The molecule has 0 aliphatic carbocycles. The first-order chi connectivity index (χ1) is 9.65. The smallest absolute Gasteiger partial charge is 0.0630 e. The van der Waals surface area contributed by atoms with Gasteiger partial charge < -0.3 is 0 Å². The second-order valence-electron chi connectivity index (χ2n) is 5.98. The molecule has 1 aromatic carbocycles. The molecule has 0 aliphatic heterocycles. The van der Waals surface area contributed by atoms with Gasteiger partial charge in [-0.1, -0.05) is 51.1 Å². The van der Waals surface area contributed by atoms with Gasteiger partial charge in [0.2, 0.25) is 0 Å². The topological polar surface area (TPSA) is 28.7 Å². The Labute approximate surface area is 122 Å². The highest BCUT2D eigenvalue weighted by molar-refractivity contribution is 5.16. The van der Waals surface area contributed by atoms with Crippen LogP contribution in [0.5, 0.6) is 0 Å². The zero-order valence-electron chi connectivity index (χ0n) is 12.8. The van der Waals surface area contributed by atoms with Crippen LogP contribution in [-0.4, -0.2) is 10.2 Å². The molecule has 1 heterocycles. The maximum absolute atomic E-state index is 4.40. The van der Waals surface area contributed by atoms with Gasteiger partial charge in [0, 0.05) is 5.69 Å². The number of hydrogen-bond acceptors (Lipinski definition) is 1. The third-order valence-corrected chi connectivity index (χ3v) is 3.66. The molecule has 20 heavy (non-hydrogen) atoms. The van der Waals surface area contributed by atoms with Gasteiger partial charge in [-0.05, 0) is 49.1 Å². The Balaban J connectivity index is 1.79. The number of nitrogens with one attached hydrogen (secondary N) is 1. The van der Waals surface area contributed by atoms with E-state index in [1.54, 1.807) is 0 Å². The van der Waals surface area contributed by atoms with Crippen LogP contribution in [0.1, 0.15) is 56.5 Å². The predicted octanol–water partition coefficient (Wildman–Crippen LogP) is 4.69. The van der Waals surface area contributed by atoms with Crippen LogP contribution >= 0.6 is 0 Å². The Hall–Kier alpha value is -1.57. The van der Waals surface area contributed by atoms with E-state index in [9.17, 15) is 0 Å². The van der Waals surface area contributed by atoms with Crippen LogP contribution in [-0.2, 0) is 12.8 Å². The number of aromatic amines is 1. The van der Waals surface area contributed by atoms with Gasteiger partial charge in [0.15, 0.2) is 0 Å². The molecule has 2 rings (SSSR count). The molecule has 0 saturated heterocycles. The minimum absolute atomic E-state index is 0.553. The Morgan fingerprint density at radius 2 is 1.95 bits per heavy atom. The monoisotopic (exact) mass is 269 g/mol. The van der Waals surface area contributed by atoms with Crippen molar-refractivity contribution in [1.82, 2.24) is 10.2 Å². The molecule has 0 bridgehead atoms. The largest absolute Gasteiger partial charge is 0.282 e. The second-order valence-corrected chi connectivity index (χ2v) is 5.98. The first kappa shape index (κ1) is 14.8. The highest BCUT2D eigenvalue weighted by Crippen LogP contribution is 2.21. The highest BCUT2D eigenvalue weighted by Gasteiger charge is 2.10. The number of hydrogen-bond donors (Lipinski definition) is 1. The van der Waals surface area contributed by atoms with E-state index in [1.807, 2.05) is 0 Å². The van der Waals surface area contributed by atoms with Gasteiger partial charge in [-0.3, -0.25) is 5.10 Å². The SMILES string of the molecule is C[C](C)Cc1cc(C(C)CCCc2ccccc2)[nH]n1. The average Bonchev–Trinajstić information content (AvgIpc) is 2.87. The standard InChI is InChI=1S/C18H25N2/c1-14(2)12-17-13-18(20-19-17)15(3)8-7-11-16-9-5-4-6-10-16/h4-6,9-10,13,15H,7-8,11-12H2,1-3H3,(H,19,20). The molecule has 107 valence electrons. The molecule has 0 saturated carbocycles. The van der Waals surface area contributed by atoms with Gasteiger partial charge in [0.05, 0.1) is 5.69 Å². The third kappa shape index (κ3) is 4.52. The van der Waals surface area contributed by atoms with Gasteiger partial charge in [-0.25, -0.2) is 0 Å². The molecule has 2 aromatic rings. The first-order valence-electron chi connectivity index (χ1n) is 7.52. The molecule has 2 nitrogen and oxygen atoms in total. The third-order valence-electron chi connectivity index (χ3n) is 3.66. The van der Waals surface area contributed by atoms with Gasteiger partial charge in [0.25, 0.3) is 0 Å². The fourth-order valence-corrected chi connectivity index (χ4v) is 2.50. The fraction of sp³-hybridized carbons (Fsp3) is 0.444. The van der Waals surface area contributed by atoms with Gasteiger partial charge in [-0.15, -0.1) is 0 Å². The van der Waals surface area contributed by atoms with E-state index in [4.69, 9.17) is 0 Å². The molecule has 0 aliphatic rings. The van der Waals surface area contributed by atoms with E-state index in [2.05, 4.69) is 67.4 Å². The maximum atomic E-state index is 4.40. The van der Waals surface area contributed by atoms with Gasteiger partial charge in [-0.2, -0.15) is 5.10 Å². The van der Waals surface area contributed by atoms with Crippen LogP contribution in [0.4, 0.5) is 0 Å². The molecule has 1 N–H and O–H groups in total. The summed E-state index contributed by atoms with van der Waals surface area (Å²) in [7, 11) is 0. The van der Waals surface area contributed by atoms with E-state index < -0.39 is 0 Å². The van der Waals surface area contributed by atoms with Crippen molar-refractivity contribution in [2.75, 3.05) is 0 Å². The van der Waals surface area contributed by atoms with Crippen molar-refractivity contribution < 1.29 is 0 Å². The summed E-state index contributed by atoms with van der Waals surface area (Å²) < 4.78 is 0. The number of aryl methyl sites for hydroxylation is 1. The summed E-state index contributed by atoms with van der Waals surface area (Å²) in [6.45, 7) is 6.58. The van der Waals surface area contributed by atoms with Gasteiger partial charge >= 0.3 is 0 Å². The fourth-order valence-electron chi connectivity index (χ4n) is 2.50. The van der Waals surface area contributed by atoms with Gasteiger partial charge in [0.1, 0.15) is 0 Å². The minimum Gasteiger partial charge on any atom is -0.282 e. The Kier molecular flexibility index (Phi) is 5.40. The summed E-state index contributed by atoms with van der Waals surface area (Å²) >= 11 is 0. The predicted molar refractivity (Wildman–Crippen MR) is 84.7 cm³/mol. The van der Waals surface area contributed by atoms with Crippen LogP contribution in [0.3, 0.4) is 0 Å². The Bertz CT molecular complexity index is 499. The summed E-state index contributed by atoms with van der Waals surface area (Å²) in [5, 5.41) is 7.59. The van der Waals surface area contributed by atoms with Crippen LogP contribution in [0.15, 0.2) is 36.4 Å². The zero-order valence-corrected chi connectivity index (χ0v) is 12.8. The molecule has 1 aromatic heterocycles. The van der Waals surface area contributed by atoms with Crippen LogP contribution in [0, 0.1) is 5.92 Å². The minimum atomic E-state index is 0.553. The van der Waals surface area contributed by atoms with E-state index in [-0.39, 0.29) is 0 Å². The lowest BCUT2D eigenvalue weighted by Gasteiger charge is -2.08. The number of nitrogens with zero attached hydrogens (tertiary/aromatic N) is 1. The van der Waals surface area contributed by atoms with Crippen LogP contribution in [0.25, 0.3) is 0 Å². The van der Waals surface area contributed by atoms with Crippen LogP contribution in [0.2, 0.25) is 0 Å². The molecule has 1 radical (unpaired) electrons. The summed E-state index contributed by atoms with van der Waals surface area (Å²) in [5.74, 6) is 1.96. The Morgan fingerprint density at radius 1 is 1.20 bits per heavy atom. The molecular formula is C18H25N2. The second kappa shape index (κ2) is 7.28. The summed E-state index contributed by atoms with van der Waals surface area (Å²) in [5.41, 5.74) is 3.87. The molecule has 0 amide bonds. The lowest BCUT2D eigenvalue weighted by atomic mass is 9.97. The first-order valence-corrected chi connectivity index (χ1v) is 7.52. The van der Waals surface area contributed by atoms with Crippen molar-refractivity contribution in [3.63, 3.8) is 0 Å². The molecule has 0 fully saturated rings. The zero-order chi connectivity index (χ0) is 14.4.